The normalized spacial score (nSPS) is 17.3. The van der Waals surface area contributed by atoms with Crippen molar-refractivity contribution in [2.45, 2.75) is 19.0 Å². The van der Waals surface area contributed by atoms with Crippen LogP contribution < -0.4 is 9.47 Å². The number of methoxy groups -OCH3 is 2. The summed E-state index contributed by atoms with van der Waals surface area (Å²) in [6, 6.07) is 11.4. The molecule has 1 unspecified atom stereocenters. The van der Waals surface area contributed by atoms with Crippen LogP contribution in [0.15, 0.2) is 71.2 Å². The summed E-state index contributed by atoms with van der Waals surface area (Å²) in [6.07, 6.45) is 5.83. The van der Waals surface area contributed by atoms with Crippen LogP contribution >= 0.6 is 15.9 Å². The minimum absolute atomic E-state index is 0.0437. The number of carbonyl (C=O) groups excluding carboxylic acids is 2. The average molecular weight is 526 g/mol. The summed E-state index contributed by atoms with van der Waals surface area (Å²) in [6.45, 7) is 0.952. The fourth-order valence-electron chi connectivity index (χ4n) is 4.09. The molecule has 1 atom stereocenters. The van der Waals surface area contributed by atoms with E-state index >= 15 is 0 Å². The van der Waals surface area contributed by atoms with Crippen molar-refractivity contribution in [1.29, 1.82) is 0 Å². The number of amides is 1. The number of hydrogen-bond acceptors (Lipinski definition) is 6. The number of rotatable bonds is 8. The maximum absolute atomic E-state index is 13.2. The van der Waals surface area contributed by atoms with Gasteiger partial charge in [-0.15, -0.1) is 0 Å². The first kappa shape index (κ1) is 23.6. The number of hydrogen-bond donors (Lipinski definition) is 1. The van der Waals surface area contributed by atoms with Gasteiger partial charge in [0.05, 0.1) is 32.2 Å². The highest BCUT2D eigenvalue weighted by atomic mass is 79.9. The number of aliphatic hydroxyl groups excluding tert-OH is 1. The third-order valence-corrected chi connectivity index (χ3v) is 6.28. The van der Waals surface area contributed by atoms with Gasteiger partial charge in [-0.25, -0.2) is 4.98 Å². The molecule has 2 aromatic carbocycles. The van der Waals surface area contributed by atoms with Gasteiger partial charge in [-0.05, 0) is 36.2 Å². The van der Waals surface area contributed by atoms with Crippen LogP contribution in [0.1, 0.15) is 23.6 Å². The Morgan fingerprint density at radius 2 is 1.79 bits per heavy atom. The zero-order valence-electron chi connectivity index (χ0n) is 18.8. The topological polar surface area (TPSA) is 93.9 Å². The Balaban J connectivity index is 1.77. The monoisotopic (exact) mass is 525 g/mol. The van der Waals surface area contributed by atoms with E-state index in [1.54, 1.807) is 55.0 Å². The van der Waals surface area contributed by atoms with E-state index in [0.29, 0.717) is 42.1 Å². The minimum Gasteiger partial charge on any atom is -0.507 e. The van der Waals surface area contributed by atoms with Crippen molar-refractivity contribution in [3.63, 3.8) is 0 Å². The van der Waals surface area contributed by atoms with Crippen LogP contribution in [0.25, 0.3) is 5.76 Å². The SMILES string of the molecule is COc1ccc(C2/C(=C(/O)c3ccc(Br)cc3)C(=O)C(=O)N2CCCn2ccnc2)cc1OC. The lowest BCUT2D eigenvalue weighted by Gasteiger charge is -2.26. The fourth-order valence-corrected chi connectivity index (χ4v) is 4.35. The number of nitrogens with zero attached hydrogens (tertiary/aromatic N) is 3. The second-order valence-electron chi connectivity index (χ2n) is 7.77. The summed E-state index contributed by atoms with van der Waals surface area (Å²) >= 11 is 3.37. The molecule has 9 heteroatoms. The number of ketones is 1. The number of benzene rings is 2. The van der Waals surface area contributed by atoms with Gasteiger partial charge in [0.1, 0.15) is 5.76 Å². The molecule has 0 bridgehead atoms. The molecule has 0 saturated carbocycles. The van der Waals surface area contributed by atoms with Crippen LogP contribution in [0, 0.1) is 0 Å². The first-order valence-electron chi connectivity index (χ1n) is 10.7. The van der Waals surface area contributed by atoms with Gasteiger partial charge < -0.3 is 24.0 Å². The molecule has 1 N–H and O–H groups in total. The lowest BCUT2D eigenvalue weighted by Crippen LogP contribution is -2.31. The smallest absolute Gasteiger partial charge is 0.295 e. The molecule has 4 rings (SSSR count). The Morgan fingerprint density at radius 3 is 2.44 bits per heavy atom. The second-order valence-corrected chi connectivity index (χ2v) is 8.68. The third kappa shape index (κ3) is 4.56. The summed E-state index contributed by atoms with van der Waals surface area (Å²) in [7, 11) is 3.05. The molecule has 176 valence electrons. The highest BCUT2D eigenvalue weighted by molar-refractivity contribution is 9.10. The van der Waals surface area contributed by atoms with Crippen molar-refractivity contribution >= 4 is 33.4 Å². The Hall–Kier alpha value is -3.59. The van der Waals surface area contributed by atoms with E-state index in [9.17, 15) is 14.7 Å². The predicted molar refractivity (Wildman–Crippen MR) is 130 cm³/mol. The largest absolute Gasteiger partial charge is 0.507 e. The van der Waals surface area contributed by atoms with Crippen molar-refractivity contribution in [1.82, 2.24) is 14.5 Å². The highest BCUT2D eigenvalue weighted by Gasteiger charge is 2.46. The van der Waals surface area contributed by atoms with E-state index < -0.39 is 17.7 Å². The number of aryl methyl sites for hydroxylation is 1. The molecule has 0 radical (unpaired) electrons. The van der Waals surface area contributed by atoms with Gasteiger partial charge in [0, 0.05) is 35.5 Å². The zero-order valence-corrected chi connectivity index (χ0v) is 20.4. The van der Waals surface area contributed by atoms with E-state index in [2.05, 4.69) is 20.9 Å². The van der Waals surface area contributed by atoms with Crippen molar-refractivity contribution in [3.8, 4) is 11.5 Å². The molecule has 0 spiro atoms. The van der Waals surface area contributed by atoms with Gasteiger partial charge in [-0.3, -0.25) is 9.59 Å². The molecule has 1 aliphatic heterocycles. The zero-order chi connectivity index (χ0) is 24.2. The highest BCUT2D eigenvalue weighted by Crippen LogP contribution is 2.42. The van der Waals surface area contributed by atoms with Crippen LogP contribution in [-0.2, 0) is 16.1 Å². The molecule has 0 aliphatic carbocycles. The Labute approximate surface area is 205 Å². The van der Waals surface area contributed by atoms with E-state index in [0.717, 1.165) is 4.47 Å². The lowest BCUT2D eigenvalue weighted by molar-refractivity contribution is -0.139. The van der Waals surface area contributed by atoms with Gasteiger partial charge >= 0.3 is 0 Å². The molecule has 1 amide bonds. The summed E-state index contributed by atoms with van der Waals surface area (Å²) in [4.78, 5) is 31.8. The first-order valence-corrected chi connectivity index (χ1v) is 11.5. The second kappa shape index (κ2) is 10.1. The van der Waals surface area contributed by atoms with Gasteiger partial charge in [-0.1, -0.05) is 34.1 Å². The molecule has 8 nitrogen and oxygen atoms in total. The van der Waals surface area contributed by atoms with Crippen molar-refractivity contribution < 1.29 is 24.2 Å². The molecular weight excluding hydrogens is 502 g/mol. The Morgan fingerprint density at radius 1 is 1.06 bits per heavy atom. The van der Waals surface area contributed by atoms with Gasteiger partial charge in [-0.2, -0.15) is 0 Å². The van der Waals surface area contributed by atoms with Crippen molar-refractivity contribution in [2.75, 3.05) is 20.8 Å². The molecule has 2 heterocycles. The average Bonchev–Trinajstić information content (AvgIpc) is 3.46. The van der Waals surface area contributed by atoms with Gasteiger partial charge in [0.25, 0.3) is 11.7 Å². The number of aromatic nitrogens is 2. The molecular formula is C25H24BrN3O5. The fraction of sp³-hybridized carbons (Fsp3) is 0.240. The summed E-state index contributed by atoms with van der Waals surface area (Å²) in [5.74, 6) is -0.599. The van der Waals surface area contributed by atoms with Crippen molar-refractivity contribution in [3.05, 3.63) is 82.4 Å². The number of carbonyl (C=O) groups is 2. The van der Waals surface area contributed by atoms with Crippen LogP contribution in [0.4, 0.5) is 0 Å². The number of aliphatic hydroxyl groups is 1. The van der Waals surface area contributed by atoms with Crippen LogP contribution in [0.3, 0.4) is 0 Å². The van der Waals surface area contributed by atoms with Gasteiger partial charge in [0.2, 0.25) is 0 Å². The minimum atomic E-state index is -0.772. The number of imidazole rings is 1. The third-order valence-electron chi connectivity index (χ3n) is 5.76. The van der Waals surface area contributed by atoms with Crippen molar-refractivity contribution in [2.24, 2.45) is 0 Å². The number of Topliss-reactive ketones (excluding diaryl/α,β-unsaturated/α-hetero) is 1. The van der Waals surface area contributed by atoms with Crippen LogP contribution in [-0.4, -0.2) is 52.0 Å². The molecule has 1 saturated heterocycles. The molecule has 1 fully saturated rings. The van der Waals surface area contributed by atoms with E-state index in [1.165, 1.54) is 19.1 Å². The summed E-state index contributed by atoms with van der Waals surface area (Å²) < 4.78 is 13.5. The van der Waals surface area contributed by atoms with Crippen LogP contribution in [0.2, 0.25) is 0 Å². The molecule has 34 heavy (non-hydrogen) atoms. The molecule has 3 aromatic rings. The quantitative estimate of drug-likeness (QED) is 0.269. The maximum atomic E-state index is 13.2. The summed E-state index contributed by atoms with van der Waals surface area (Å²) in [5, 5.41) is 11.1. The Bertz CT molecular complexity index is 1220. The Kier molecular flexibility index (Phi) is 7.02. The van der Waals surface area contributed by atoms with E-state index in [4.69, 9.17) is 9.47 Å². The standard InChI is InChI=1S/C25H24BrN3O5/c1-33-19-9-6-17(14-20(19)34-2)22-21(23(30)16-4-7-18(26)8-5-16)24(31)25(32)29(22)12-3-11-28-13-10-27-15-28/h4-10,13-15,22,30H,3,11-12H2,1-2H3/b23-21-. The summed E-state index contributed by atoms with van der Waals surface area (Å²) in [5.41, 5.74) is 1.13. The van der Waals surface area contributed by atoms with Crippen LogP contribution in [0.5, 0.6) is 11.5 Å². The first-order chi connectivity index (χ1) is 16.4. The maximum Gasteiger partial charge on any atom is 0.295 e. The van der Waals surface area contributed by atoms with E-state index in [1.807, 2.05) is 10.8 Å². The predicted octanol–water partition coefficient (Wildman–Crippen LogP) is 4.17. The number of halogens is 1. The molecule has 1 aromatic heterocycles. The number of ether oxygens (including phenoxy) is 2. The lowest BCUT2D eigenvalue weighted by atomic mass is 9.95. The number of likely N-dealkylation sites (tertiary alicyclic amines) is 1. The molecule has 1 aliphatic rings. The van der Waals surface area contributed by atoms with Gasteiger partial charge in [0.15, 0.2) is 11.5 Å². The van der Waals surface area contributed by atoms with E-state index in [-0.39, 0.29) is 11.3 Å².